The van der Waals surface area contributed by atoms with Crippen LogP contribution in [-0.2, 0) is 6.54 Å². The van der Waals surface area contributed by atoms with Crippen molar-refractivity contribution in [1.82, 2.24) is 19.6 Å². The first-order valence-corrected chi connectivity index (χ1v) is 7.75. The Hall–Kier alpha value is -2.14. The van der Waals surface area contributed by atoms with Crippen LogP contribution in [0.5, 0.6) is 0 Å². The Morgan fingerprint density at radius 3 is 2.73 bits per heavy atom. The zero-order valence-corrected chi connectivity index (χ0v) is 13.0. The Morgan fingerprint density at radius 2 is 2.00 bits per heavy atom. The Balaban J connectivity index is 1.66. The molecule has 0 unspecified atom stereocenters. The minimum atomic E-state index is 0.562. The van der Waals surface area contributed by atoms with Gasteiger partial charge in [-0.25, -0.2) is 4.98 Å². The average molecular weight is 314 g/mol. The zero-order valence-electron chi connectivity index (χ0n) is 12.3. The Kier molecular flexibility index (Phi) is 3.22. The van der Waals surface area contributed by atoms with E-state index in [1.54, 1.807) is 0 Å². The minimum Gasteiger partial charge on any atom is -0.352 e. The monoisotopic (exact) mass is 313 g/mol. The van der Waals surface area contributed by atoms with Crippen molar-refractivity contribution in [3.05, 3.63) is 53.1 Å². The maximum Gasteiger partial charge on any atom is 0.203 e. The molecule has 6 heteroatoms. The van der Waals surface area contributed by atoms with Crippen LogP contribution in [-0.4, -0.2) is 26.6 Å². The smallest absolute Gasteiger partial charge is 0.203 e. The maximum absolute atomic E-state index is 5.93. The van der Waals surface area contributed by atoms with Crippen LogP contribution >= 0.6 is 11.6 Å². The fraction of sp³-hybridized carbons (Fsp3) is 0.312. The van der Waals surface area contributed by atoms with Gasteiger partial charge in [0.2, 0.25) is 5.65 Å². The van der Waals surface area contributed by atoms with Crippen LogP contribution in [0.2, 0.25) is 5.02 Å². The van der Waals surface area contributed by atoms with E-state index in [-0.39, 0.29) is 0 Å². The van der Waals surface area contributed by atoms with Crippen molar-refractivity contribution >= 4 is 23.1 Å². The van der Waals surface area contributed by atoms with Gasteiger partial charge in [0.1, 0.15) is 5.82 Å². The maximum atomic E-state index is 5.93. The molecule has 0 amide bonds. The van der Waals surface area contributed by atoms with Gasteiger partial charge in [-0.05, 0) is 30.5 Å². The average Bonchev–Trinajstić information content (AvgIpc) is 3.28. The SMILES string of the molecule is CN(Cc1ccc(Cl)cc1)c1nccn2c(C3CC3)nnc12. The van der Waals surface area contributed by atoms with E-state index in [0.29, 0.717) is 5.92 Å². The molecule has 1 fully saturated rings. The highest BCUT2D eigenvalue weighted by Gasteiger charge is 2.29. The molecule has 3 aromatic rings. The first kappa shape index (κ1) is 13.5. The van der Waals surface area contributed by atoms with Crippen molar-refractivity contribution in [2.75, 3.05) is 11.9 Å². The third-order valence-corrected chi connectivity index (χ3v) is 4.22. The van der Waals surface area contributed by atoms with Crippen molar-refractivity contribution in [1.29, 1.82) is 0 Å². The fourth-order valence-corrected chi connectivity index (χ4v) is 2.78. The number of hydrogen-bond donors (Lipinski definition) is 0. The number of nitrogens with zero attached hydrogens (tertiary/aromatic N) is 5. The summed E-state index contributed by atoms with van der Waals surface area (Å²) in [6, 6.07) is 7.86. The summed E-state index contributed by atoms with van der Waals surface area (Å²) in [7, 11) is 2.02. The lowest BCUT2D eigenvalue weighted by molar-refractivity contribution is 0.877. The van der Waals surface area contributed by atoms with Gasteiger partial charge in [0.15, 0.2) is 5.82 Å². The van der Waals surface area contributed by atoms with Gasteiger partial charge in [-0.3, -0.25) is 4.40 Å². The molecule has 1 aliphatic rings. The van der Waals surface area contributed by atoms with E-state index < -0.39 is 0 Å². The van der Waals surface area contributed by atoms with Crippen LogP contribution in [0.4, 0.5) is 5.82 Å². The molecule has 0 saturated heterocycles. The molecule has 4 rings (SSSR count). The summed E-state index contributed by atoms with van der Waals surface area (Å²) in [4.78, 5) is 6.58. The number of halogens is 1. The summed E-state index contributed by atoms with van der Waals surface area (Å²) in [5.41, 5.74) is 2.00. The molecule has 22 heavy (non-hydrogen) atoms. The summed E-state index contributed by atoms with van der Waals surface area (Å²) < 4.78 is 2.07. The number of aromatic nitrogens is 4. The number of fused-ring (bicyclic) bond motifs is 1. The second-order valence-corrected chi connectivity index (χ2v) is 6.20. The molecule has 0 aliphatic heterocycles. The van der Waals surface area contributed by atoms with Gasteiger partial charge in [0.05, 0.1) is 0 Å². The van der Waals surface area contributed by atoms with Crippen LogP contribution in [0.1, 0.15) is 30.1 Å². The van der Waals surface area contributed by atoms with E-state index in [0.717, 1.165) is 28.9 Å². The first-order valence-electron chi connectivity index (χ1n) is 7.37. The van der Waals surface area contributed by atoms with Crippen molar-refractivity contribution in [2.24, 2.45) is 0 Å². The van der Waals surface area contributed by atoms with Crippen molar-refractivity contribution in [3.63, 3.8) is 0 Å². The van der Waals surface area contributed by atoms with Crippen molar-refractivity contribution in [2.45, 2.75) is 25.3 Å². The number of anilines is 1. The third-order valence-electron chi connectivity index (χ3n) is 3.97. The van der Waals surface area contributed by atoms with Gasteiger partial charge < -0.3 is 4.90 Å². The standard InChI is InChI=1S/C16H16ClN5/c1-21(10-11-2-6-13(17)7-3-11)15-16-20-19-14(12-4-5-12)22(16)9-8-18-15/h2-3,6-9,12H,4-5,10H2,1H3. The highest BCUT2D eigenvalue weighted by Crippen LogP contribution is 2.39. The van der Waals surface area contributed by atoms with Gasteiger partial charge in [0, 0.05) is 36.9 Å². The minimum absolute atomic E-state index is 0.562. The van der Waals surface area contributed by atoms with E-state index in [1.165, 1.54) is 18.4 Å². The molecule has 0 spiro atoms. The van der Waals surface area contributed by atoms with Crippen LogP contribution in [0, 0.1) is 0 Å². The van der Waals surface area contributed by atoms with Crippen molar-refractivity contribution < 1.29 is 0 Å². The number of rotatable bonds is 4. The molecular weight excluding hydrogens is 298 g/mol. The second-order valence-electron chi connectivity index (χ2n) is 5.76. The first-order chi connectivity index (χ1) is 10.7. The molecule has 0 atom stereocenters. The molecule has 1 aromatic carbocycles. The quantitative estimate of drug-likeness (QED) is 0.741. The third kappa shape index (κ3) is 2.41. The summed E-state index contributed by atoms with van der Waals surface area (Å²) in [5, 5.41) is 9.44. The lowest BCUT2D eigenvalue weighted by Crippen LogP contribution is -2.18. The van der Waals surface area contributed by atoms with Crippen LogP contribution in [0.25, 0.3) is 5.65 Å². The van der Waals surface area contributed by atoms with Gasteiger partial charge >= 0.3 is 0 Å². The van der Waals surface area contributed by atoms with Crippen LogP contribution in [0.3, 0.4) is 0 Å². The summed E-state index contributed by atoms with van der Waals surface area (Å²) >= 11 is 5.93. The van der Waals surface area contributed by atoms with Crippen LogP contribution in [0.15, 0.2) is 36.7 Å². The molecule has 0 bridgehead atoms. The number of hydrogen-bond acceptors (Lipinski definition) is 4. The Labute approximate surface area is 133 Å². The zero-order chi connectivity index (χ0) is 15.1. The van der Waals surface area contributed by atoms with Gasteiger partial charge in [-0.2, -0.15) is 0 Å². The van der Waals surface area contributed by atoms with E-state index >= 15 is 0 Å². The molecule has 1 saturated carbocycles. The summed E-state index contributed by atoms with van der Waals surface area (Å²) in [6.07, 6.45) is 6.18. The van der Waals surface area contributed by atoms with Crippen LogP contribution < -0.4 is 4.90 Å². The summed E-state index contributed by atoms with van der Waals surface area (Å²) in [6.45, 7) is 0.746. The molecule has 0 N–H and O–H groups in total. The molecule has 2 heterocycles. The topological polar surface area (TPSA) is 46.3 Å². The highest BCUT2D eigenvalue weighted by atomic mass is 35.5. The normalized spacial score (nSPS) is 14.5. The molecule has 5 nitrogen and oxygen atoms in total. The molecule has 112 valence electrons. The van der Waals surface area contributed by atoms with E-state index in [1.807, 2.05) is 43.7 Å². The number of benzene rings is 1. The lowest BCUT2D eigenvalue weighted by atomic mass is 10.2. The molecular formula is C16H16ClN5. The molecule has 0 radical (unpaired) electrons. The largest absolute Gasteiger partial charge is 0.352 e. The molecule has 1 aliphatic carbocycles. The predicted molar refractivity (Wildman–Crippen MR) is 86.3 cm³/mol. The Morgan fingerprint density at radius 1 is 1.23 bits per heavy atom. The van der Waals surface area contributed by atoms with Gasteiger partial charge in [-0.1, -0.05) is 23.7 Å². The predicted octanol–water partition coefficient (Wildman–Crippen LogP) is 3.29. The van der Waals surface area contributed by atoms with E-state index in [4.69, 9.17) is 11.6 Å². The van der Waals surface area contributed by atoms with E-state index in [9.17, 15) is 0 Å². The summed E-state index contributed by atoms with van der Waals surface area (Å²) in [5.74, 6) is 2.46. The molecule has 2 aromatic heterocycles. The highest BCUT2D eigenvalue weighted by molar-refractivity contribution is 6.30. The van der Waals surface area contributed by atoms with Gasteiger partial charge in [0.25, 0.3) is 0 Å². The van der Waals surface area contributed by atoms with Crippen molar-refractivity contribution in [3.8, 4) is 0 Å². The van der Waals surface area contributed by atoms with E-state index in [2.05, 4.69) is 24.5 Å². The second kappa shape index (κ2) is 5.25. The fourth-order valence-electron chi connectivity index (χ4n) is 2.66. The Bertz CT molecular complexity index is 807. The lowest BCUT2D eigenvalue weighted by Gasteiger charge is -2.18. The van der Waals surface area contributed by atoms with Gasteiger partial charge in [-0.15, -0.1) is 10.2 Å².